The maximum absolute atomic E-state index is 11.8. The van der Waals surface area contributed by atoms with Gasteiger partial charge in [0.25, 0.3) is 0 Å². The van der Waals surface area contributed by atoms with Gasteiger partial charge in [-0.2, -0.15) is 0 Å². The Hall–Kier alpha value is -0.610. The molecule has 0 aromatic heterocycles. The summed E-state index contributed by atoms with van der Waals surface area (Å²) in [7, 11) is 0. The highest BCUT2D eigenvalue weighted by atomic mass is 16.5. The predicted molar refractivity (Wildman–Crippen MR) is 62.1 cm³/mol. The lowest BCUT2D eigenvalue weighted by Crippen LogP contribution is -2.35. The van der Waals surface area contributed by atoms with Crippen molar-refractivity contribution in [3.8, 4) is 0 Å². The molecule has 1 aliphatic heterocycles. The number of amides is 1. The zero-order chi connectivity index (χ0) is 12.3. The van der Waals surface area contributed by atoms with E-state index in [-0.39, 0.29) is 30.1 Å². The van der Waals surface area contributed by atoms with Crippen molar-refractivity contribution in [2.45, 2.75) is 45.8 Å². The summed E-state index contributed by atoms with van der Waals surface area (Å²) < 4.78 is 5.45. The van der Waals surface area contributed by atoms with E-state index in [9.17, 15) is 9.90 Å². The fourth-order valence-electron chi connectivity index (χ4n) is 1.78. The van der Waals surface area contributed by atoms with Crippen LogP contribution in [0.4, 0.5) is 0 Å². The number of aliphatic hydroxyl groups excluding tert-OH is 1. The minimum Gasteiger partial charge on any atom is -0.393 e. The van der Waals surface area contributed by atoms with Gasteiger partial charge in [-0.15, -0.1) is 0 Å². The van der Waals surface area contributed by atoms with Crippen molar-refractivity contribution in [3.05, 3.63) is 0 Å². The van der Waals surface area contributed by atoms with Crippen LogP contribution in [0.1, 0.15) is 34.1 Å². The van der Waals surface area contributed by atoms with Crippen molar-refractivity contribution in [1.82, 2.24) is 4.90 Å². The fraction of sp³-hybridized carbons (Fsp3) is 0.917. The molecule has 1 saturated heterocycles. The number of aliphatic hydroxyl groups is 1. The van der Waals surface area contributed by atoms with Crippen molar-refractivity contribution in [3.63, 3.8) is 0 Å². The van der Waals surface area contributed by atoms with E-state index in [1.165, 1.54) is 0 Å². The summed E-state index contributed by atoms with van der Waals surface area (Å²) in [6.07, 6.45) is 0.556. The van der Waals surface area contributed by atoms with Crippen LogP contribution in [0.25, 0.3) is 0 Å². The van der Waals surface area contributed by atoms with Crippen molar-refractivity contribution in [2.75, 3.05) is 19.7 Å². The summed E-state index contributed by atoms with van der Waals surface area (Å²) in [6.45, 7) is 9.11. The van der Waals surface area contributed by atoms with Gasteiger partial charge < -0.3 is 14.7 Å². The second kappa shape index (κ2) is 5.15. The Kier molecular flexibility index (Phi) is 4.33. The molecule has 0 bridgehead atoms. The van der Waals surface area contributed by atoms with Crippen molar-refractivity contribution in [2.24, 2.45) is 5.92 Å². The molecule has 94 valence electrons. The monoisotopic (exact) mass is 229 g/mol. The molecule has 1 N–H and O–H groups in total. The summed E-state index contributed by atoms with van der Waals surface area (Å²) in [5, 5.41) is 9.44. The van der Waals surface area contributed by atoms with Crippen molar-refractivity contribution >= 4 is 5.91 Å². The van der Waals surface area contributed by atoms with E-state index < -0.39 is 0 Å². The summed E-state index contributed by atoms with van der Waals surface area (Å²) in [6, 6.07) is 0. The molecule has 0 aromatic carbocycles. The van der Waals surface area contributed by atoms with E-state index in [4.69, 9.17) is 4.74 Å². The molecule has 0 aromatic rings. The van der Waals surface area contributed by atoms with Gasteiger partial charge in [-0.3, -0.25) is 4.79 Å². The summed E-state index contributed by atoms with van der Waals surface area (Å²) in [5.74, 6) is 0.247. The first kappa shape index (κ1) is 13.5. The first-order valence-corrected chi connectivity index (χ1v) is 5.89. The Bertz CT molecular complexity index is 245. The van der Waals surface area contributed by atoms with E-state index in [0.29, 0.717) is 6.54 Å². The maximum atomic E-state index is 11.8. The molecular weight excluding hydrogens is 206 g/mol. The minimum atomic E-state index is -0.332. The summed E-state index contributed by atoms with van der Waals surface area (Å²) >= 11 is 0. The Morgan fingerprint density at radius 2 is 2.19 bits per heavy atom. The molecule has 1 heterocycles. The number of nitrogens with zero attached hydrogens (tertiary/aromatic N) is 1. The standard InChI is InChI=1S/C12H23NO3/c1-9(14)10-5-6-13(7-10)11(15)8-16-12(2,3)4/h9-10,14H,5-8H2,1-4H3. The van der Waals surface area contributed by atoms with Crippen LogP contribution in [0.2, 0.25) is 0 Å². The zero-order valence-corrected chi connectivity index (χ0v) is 10.7. The zero-order valence-electron chi connectivity index (χ0n) is 10.7. The smallest absolute Gasteiger partial charge is 0.248 e. The van der Waals surface area contributed by atoms with E-state index in [0.717, 1.165) is 13.0 Å². The number of rotatable bonds is 3. The average molecular weight is 229 g/mol. The third-order valence-electron chi connectivity index (χ3n) is 2.89. The number of likely N-dealkylation sites (tertiary alicyclic amines) is 1. The number of hydrogen-bond donors (Lipinski definition) is 1. The summed E-state index contributed by atoms with van der Waals surface area (Å²) in [4.78, 5) is 13.6. The van der Waals surface area contributed by atoms with Crippen LogP contribution in [0.5, 0.6) is 0 Å². The van der Waals surface area contributed by atoms with Crippen LogP contribution in [0, 0.1) is 5.92 Å². The highest BCUT2D eigenvalue weighted by Crippen LogP contribution is 2.20. The normalized spacial score (nSPS) is 23.6. The van der Waals surface area contributed by atoms with Crippen LogP contribution in [0.3, 0.4) is 0 Å². The Morgan fingerprint density at radius 1 is 1.56 bits per heavy atom. The molecule has 1 amide bonds. The molecule has 16 heavy (non-hydrogen) atoms. The Balaban J connectivity index is 2.34. The highest BCUT2D eigenvalue weighted by molar-refractivity contribution is 5.77. The Labute approximate surface area is 97.6 Å². The third kappa shape index (κ3) is 4.10. The highest BCUT2D eigenvalue weighted by Gasteiger charge is 2.29. The van der Waals surface area contributed by atoms with Gasteiger partial charge in [0.2, 0.25) is 5.91 Å². The van der Waals surface area contributed by atoms with Gasteiger partial charge in [0.05, 0.1) is 11.7 Å². The molecule has 1 rings (SSSR count). The molecule has 0 saturated carbocycles. The third-order valence-corrected chi connectivity index (χ3v) is 2.89. The van der Waals surface area contributed by atoms with E-state index in [1.807, 2.05) is 20.8 Å². The van der Waals surface area contributed by atoms with E-state index in [1.54, 1.807) is 11.8 Å². The number of carbonyl (C=O) groups is 1. The lowest BCUT2D eigenvalue weighted by atomic mass is 10.0. The Morgan fingerprint density at radius 3 is 2.62 bits per heavy atom. The number of ether oxygens (including phenoxy) is 1. The van der Waals surface area contributed by atoms with Gasteiger partial charge in [-0.25, -0.2) is 0 Å². The minimum absolute atomic E-state index is 0.0260. The largest absolute Gasteiger partial charge is 0.393 e. The van der Waals surface area contributed by atoms with Crippen molar-refractivity contribution in [1.29, 1.82) is 0 Å². The topological polar surface area (TPSA) is 49.8 Å². The molecule has 0 spiro atoms. The molecule has 4 nitrogen and oxygen atoms in total. The number of carbonyl (C=O) groups excluding carboxylic acids is 1. The first-order valence-electron chi connectivity index (χ1n) is 5.89. The van der Waals surface area contributed by atoms with E-state index >= 15 is 0 Å². The van der Waals surface area contributed by atoms with Gasteiger partial charge >= 0.3 is 0 Å². The predicted octanol–water partition coefficient (Wildman–Crippen LogP) is 1.03. The maximum Gasteiger partial charge on any atom is 0.248 e. The SMILES string of the molecule is CC(O)C1CCN(C(=O)COC(C)(C)C)C1. The molecule has 0 radical (unpaired) electrons. The first-order chi connectivity index (χ1) is 7.29. The lowest BCUT2D eigenvalue weighted by molar-refractivity contribution is -0.140. The molecule has 1 fully saturated rings. The quantitative estimate of drug-likeness (QED) is 0.786. The second-order valence-electron chi connectivity index (χ2n) is 5.53. The lowest BCUT2D eigenvalue weighted by Gasteiger charge is -2.22. The molecule has 4 heteroatoms. The van der Waals surface area contributed by atoms with Gasteiger partial charge in [0, 0.05) is 19.0 Å². The van der Waals surface area contributed by atoms with Crippen LogP contribution < -0.4 is 0 Å². The molecule has 2 unspecified atom stereocenters. The molecular formula is C12H23NO3. The summed E-state index contributed by atoms with van der Waals surface area (Å²) in [5.41, 5.74) is -0.279. The van der Waals surface area contributed by atoms with Gasteiger partial charge in [-0.1, -0.05) is 0 Å². The molecule has 2 atom stereocenters. The average Bonchev–Trinajstić information content (AvgIpc) is 2.61. The van der Waals surface area contributed by atoms with Crippen LogP contribution in [0.15, 0.2) is 0 Å². The molecule has 0 aliphatic carbocycles. The number of hydrogen-bond acceptors (Lipinski definition) is 3. The van der Waals surface area contributed by atoms with Gasteiger partial charge in [0.1, 0.15) is 6.61 Å². The van der Waals surface area contributed by atoms with Gasteiger partial charge in [-0.05, 0) is 34.1 Å². The van der Waals surface area contributed by atoms with E-state index in [2.05, 4.69) is 0 Å². The van der Waals surface area contributed by atoms with Crippen LogP contribution in [-0.2, 0) is 9.53 Å². The fourth-order valence-corrected chi connectivity index (χ4v) is 1.78. The van der Waals surface area contributed by atoms with Crippen molar-refractivity contribution < 1.29 is 14.6 Å². The second-order valence-corrected chi connectivity index (χ2v) is 5.53. The molecule has 1 aliphatic rings. The van der Waals surface area contributed by atoms with Crippen LogP contribution in [-0.4, -0.2) is 47.3 Å². The van der Waals surface area contributed by atoms with Crippen LogP contribution >= 0.6 is 0 Å². The van der Waals surface area contributed by atoms with Gasteiger partial charge in [0.15, 0.2) is 0 Å².